The Bertz CT molecular complexity index is 442. The molecular formula is C17H26N2O. The van der Waals surface area contributed by atoms with E-state index < -0.39 is 0 Å². The normalized spacial score (nSPS) is 12.3. The number of hydrogen-bond acceptors (Lipinski definition) is 3. The van der Waals surface area contributed by atoms with Gasteiger partial charge in [-0.2, -0.15) is 0 Å². The molecule has 0 amide bonds. The third-order valence-corrected chi connectivity index (χ3v) is 3.31. The molecular weight excluding hydrogens is 248 g/mol. The van der Waals surface area contributed by atoms with E-state index >= 15 is 0 Å². The average molecular weight is 274 g/mol. The van der Waals surface area contributed by atoms with E-state index in [4.69, 9.17) is 5.11 Å². The fraction of sp³-hybridized carbons (Fsp3) is 0.529. The lowest BCUT2D eigenvalue weighted by atomic mass is 10.1. The maximum atomic E-state index is 8.68. The van der Waals surface area contributed by atoms with Gasteiger partial charge in [0.2, 0.25) is 0 Å². The molecule has 0 bridgehead atoms. The molecule has 0 fully saturated rings. The third-order valence-electron chi connectivity index (χ3n) is 3.31. The Balaban J connectivity index is 2.65. The molecule has 110 valence electrons. The topological polar surface area (TPSA) is 26.7 Å². The van der Waals surface area contributed by atoms with E-state index in [1.165, 1.54) is 5.56 Å². The van der Waals surface area contributed by atoms with E-state index in [9.17, 15) is 0 Å². The molecule has 1 N–H and O–H groups in total. The molecule has 1 rings (SSSR count). The van der Waals surface area contributed by atoms with Gasteiger partial charge in [0, 0.05) is 24.7 Å². The van der Waals surface area contributed by atoms with Crippen LogP contribution in [0, 0.1) is 11.8 Å². The summed E-state index contributed by atoms with van der Waals surface area (Å²) in [5, 5.41) is 8.68. The quantitative estimate of drug-likeness (QED) is 0.801. The Kier molecular flexibility index (Phi) is 7.32. The van der Waals surface area contributed by atoms with Crippen molar-refractivity contribution in [2.24, 2.45) is 0 Å². The molecule has 0 aliphatic rings. The van der Waals surface area contributed by atoms with Gasteiger partial charge >= 0.3 is 0 Å². The predicted molar refractivity (Wildman–Crippen MR) is 84.5 cm³/mol. The summed E-state index contributed by atoms with van der Waals surface area (Å²) in [6.07, 6.45) is 0. The molecule has 0 aromatic heterocycles. The first-order valence-electron chi connectivity index (χ1n) is 7.14. The average Bonchev–Trinajstić information content (AvgIpc) is 2.42. The molecule has 1 atom stereocenters. The van der Waals surface area contributed by atoms with Gasteiger partial charge in [0.05, 0.1) is 0 Å². The Morgan fingerprint density at radius 3 is 2.35 bits per heavy atom. The van der Waals surface area contributed by atoms with Gasteiger partial charge < -0.3 is 10.0 Å². The third kappa shape index (κ3) is 5.75. The minimum Gasteiger partial charge on any atom is -0.384 e. The lowest BCUT2D eigenvalue weighted by molar-refractivity contribution is 0.174. The van der Waals surface area contributed by atoms with Crippen molar-refractivity contribution in [3.05, 3.63) is 35.4 Å². The molecule has 1 aromatic carbocycles. The molecule has 0 saturated heterocycles. The zero-order valence-corrected chi connectivity index (χ0v) is 13.1. The highest BCUT2D eigenvalue weighted by atomic mass is 16.2. The van der Waals surface area contributed by atoms with Gasteiger partial charge in [0.25, 0.3) is 0 Å². The summed E-state index contributed by atoms with van der Waals surface area (Å²) in [4.78, 5) is 4.69. The van der Waals surface area contributed by atoms with Crippen LogP contribution in [-0.4, -0.2) is 54.7 Å². The van der Waals surface area contributed by atoms with Crippen molar-refractivity contribution < 1.29 is 5.11 Å². The minimum atomic E-state index is -0.0899. The number of nitrogens with zero attached hydrogens (tertiary/aromatic N) is 2. The van der Waals surface area contributed by atoms with Crippen LogP contribution in [0.15, 0.2) is 24.3 Å². The largest absolute Gasteiger partial charge is 0.384 e. The minimum absolute atomic E-state index is 0.0899. The van der Waals surface area contributed by atoms with Crippen LogP contribution < -0.4 is 0 Å². The number of hydrogen-bond donors (Lipinski definition) is 1. The van der Waals surface area contributed by atoms with Crippen molar-refractivity contribution in [3.63, 3.8) is 0 Å². The number of likely N-dealkylation sites (N-methyl/N-ethyl adjacent to an activating group) is 2. The first-order chi connectivity index (χ1) is 9.56. The smallest absolute Gasteiger partial charge is 0.104 e. The lowest BCUT2D eigenvalue weighted by Crippen LogP contribution is -2.39. The van der Waals surface area contributed by atoms with Gasteiger partial charge in [-0.15, -0.1) is 0 Å². The summed E-state index contributed by atoms with van der Waals surface area (Å²) >= 11 is 0. The van der Waals surface area contributed by atoms with Crippen molar-refractivity contribution in [2.45, 2.75) is 26.4 Å². The number of benzene rings is 1. The highest BCUT2D eigenvalue weighted by Crippen LogP contribution is 2.10. The summed E-state index contributed by atoms with van der Waals surface area (Å²) in [6.45, 7) is 7.44. The maximum absolute atomic E-state index is 8.68. The van der Waals surface area contributed by atoms with Crippen LogP contribution in [0.5, 0.6) is 0 Å². The maximum Gasteiger partial charge on any atom is 0.104 e. The monoisotopic (exact) mass is 274 g/mol. The van der Waals surface area contributed by atoms with E-state index in [1.807, 2.05) is 12.1 Å². The van der Waals surface area contributed by atoms with E-state index in [0.717, 1.165) is 25.2 Å². The van der Waals surface area contributed by atoms with Gasteiger partial charge in [-0.25, -0.2) is 0 Å². The summed E-state index contributed by atoms with van der Waals surface area (Å²) in [5.41, 5.74) is 2.25. The van der Waals surface area contributed by atoms with Crippen molar-refractivity contribution in [2.75, 3.05) is 33.8 Å². The van der Waals surface area contributed by atoms with Crippen LogP contribution in [-0.2, 0) is 6.54 Å². The lowest BCUT2D eigenvalue weighted by Gasteiger charge is -2.30. The van der Waals surface area contributed by atoms with Gasteiger partial charge in [-0.3, -0.25) is 4.90 Å². The molecule has 0 heterocycles. The van der Waals surface area contributed by atoms with Crippen LogP contribution in [0.1, 0.15) is 25.0 Å². The van der Waals surface area contributed by atoms with E-state index in [2.05, 4.69) is 61.7 Å². The molecule has 0 spiro atoms. The second-order valence-corrected chi connectivity index (χ2v) is 5.33. The van der Waals surface area contributed by atoms with Gasteiger partial charge in [-0.05, 0) is 45.3 Å². The molecule has 0 radical (unpaired) electrons. The Labute approximate surface area is 123 Å². The van der Waals surface area contributed by atoms with Crippen molar-refractivity contribution in [3.8, 4) is 11.8 Å². The van der Waals surface area contributed by atoms with Crippen LogP contribution in [0.4, 0.5) is 0 Å². The Morgan fingerprint density at radius 1 is 1.20 bits per heavy atom. The van der Waals surface area contributed by atoms with Gasteiger partial charge in [0.1, 0.15) is 6.61 Å². The molecule has 1 unspecified atom stereocenters. The summed E-state index contributed by atoms with van der Waals surface area (Å²) in [5.74, 6) is 5.58. The van der Waals surface area contributed by atoms with Crippen LogP contribution in [0.3, 0.4) is 0 Å². The van der Waals surface area contributed by atoms with Crippen LogP contribution >= 0.6 is 0 Å². The van der Waals surface area contributed by atoms with Gasteiger partial charge in [-0.1, -0.05) is 30.9 Å². The van der Waals surface area contributed by atoms with Crippen LogP contribution in [0.25, 0.3) is 0 Å². The van der Waals surface area contributed by atoms with Crippen LogP contribution in [0.2, 0.25) is 0 Å². The first-order valence-corrected chi connectivity index (χ1v) is 7.14. The second-order valence-electron chi connectivity index (χ2n) is 5.33. The summed E-state index contributed by atoms with van der Waals surface area (Å²) in [7, 11) is 4.22. The second kappa shape index (κ2) is 8.76. The molecule has 1 aromatic rings. The predicted octanol–water partition coefficient (Wildman–Crippen LogP) is 1.80. The first kappa shape index (κ1) is 16.7. The standard InChI is InChI=1S/C17H26N2O/c1-5-19(15(2)13-18(3)4)14-17-10-8-16(9-11-17)7-6-12-20/h8-11,15,20H,5,12-14H2,1-4H3. The fourth-order valence-corrected chi connectivity index (χ4v) is 2.29. The van der Waals surface area contributed by atoms with Crippen molar-refractivity contribution >= 4 is 0 Å². The SMILES string of the molecule is CCN(Cc1ccc(C#CCO)cc1)C(C)CN(C)C. The van der Waals surface area contributed by atoms with E-state index in [1.54, 1.807) is 0 Å². The number of aliphatic hydroxyl groups is 1. The van der Waals surface area contributed by atoms with E-state index in [0.29, 0.717) is 6.04 Å². The summed E-state index contributed by atoms with van der Waals surface area (Å²) < 4.78 is 0. The van der Waals surface area contributed by atoms with Crippen molar-refractivity contribution in [1.82, 2.24) is 9.80 Å². The summed E-state index contributed by atoms with van der Waals surface area (Å²) in [6, 6.07) is 8.80. The molecule has 3 nitrogen and oxygen atoms in total. The van der Waals surface area contributed by atoms with Crippen molar-refractivity contribution in [1.29, 1.82) is 0 Å². The fourth-order valence-electron chi connectivity index (χ4n) is 2.29. The number of aliphatic hydroxyl groups excluding tert-OH is 1. The zero-order chi connectivity index (χ0) is 15.0. The highest BCUT2D eigenvalue weighted by Gasteiger charge is 2.13. The highest BCUT2D eigenvalue weighted by molar-refractivity contribution is 5.36. The van der Waals surface area contributed by atoms with Gasteiger partial charge in [0.15, 0.2) is 0 Å². The molecule has 0 aliphatic carbocycles. The zero-order valence-electron chi connectivity index (χ0n) is 13.1. The Morgan fingerprint density at radius 2 is 1.85 bits per heavy atom. The molecule has 3 heteroatoms. The number of rotatable bonds is 6. The van der Waals surface area contributed by atoms with E-state index in [-0.39, 0.29) is 6.61 Å². The molecule has 0 aliphatic heterocycles. The molecule has 0 saturated carbocycles. The molecule has 20 heavy (non-hydrogen) atoms. The Hall–Kier alpha value is -1.34.